The highest BCUT2D eigenvalue weighted by Crippen LogP contribution is 2.31. The van der Waals surface area contributed by atoms with Gasteiger partial charge in [-0.25, -0.2) is 0 Å². The van der Waals surface area contributed by atoms with Gasteiger partial charge >= 0.3 is 0 Å². The monoisotopic (exact) mass is 150 g/mol. The Balaban J connectivity index is 2.50. The van der Waals surface area contributed by atoms with Gasteiger partial charge in [-0.15, -0.1) is 0 Å². The summed E-state index contributed by atoms with van der Waals surface area (Å²) < 4.78 is 10.6. The van der Waals surface area contributed by atoms with Gasteiger partial charge in [0.05, 0.1) is 6.26 Å². The van der Waals surface area contributed by atoms with E-state index in [0.29, 0.717) is 6.61 Å². The van der Waals surface area contributed by atoms with Crippen LogP contribution in [0.4, 0.5) is 0 Å². The summed E-state index contributed by atoms with van der Waals surface area (Å²) in [6.07, 6.45) is 3.65. The van der Waals surface area contributed by atoms with Crippen molar-refractivity contribution in [2.24, 2.45) is 0 Å². The summed E-state index contributed by atoms with van der Waals surface area (Å²) in [6, 6.07) is 0. The Kier molecular flexibility index (Phi) is 1.28. The maximum absolute atomic E-state index is 5.41. The third kappa shape index (κ3) is 0.862. The highest BCUT2D eigenvalue weighted by molar-refractivity contribution is 5.45. The van der Waals surface area contributed by atoms with E-state index in [9.17, 15) is 0 Å². The van der Waals surface area contributed by atoms with Crippen LogP contribution in [-0.2, 0) is 9.47 Å². The zero-order chi connectivity index (χ0) is 7.84. The molecular formula is C9H10O2. The molecule has 2 aliphatic rings. The van der Waals surface area contributed by atoms with Crippen LogP contribution in [0.1, 0.15) is 13.8 Å². The van der Waals surface area contributed by atoms with E-state index in [2.05, 4.69) is 6.92 Å². The zero-order valence-corrected chi connectivity index (χ0v) is 6.68. The van der Waals surface area contributed by atoms with Crippen LogP contribution in [0.3, 0.4) is 0 Å². The summed E-state index contributed by atoms with van der Waals surface area (Å²) in [5, 5.41) is 0. The van der Waals surface area contributed by atoms with Crippen LogP contribution in [0.2, 0.25) is 0 Å². The van der Waals surface area contributed by atoms with Crippen molar-refractivity contribution in [1.29, 1.82) is 0 Å². The van der Waals surface area contributed by atoms with Crippen LogP contribution in [0.5, 0.6) is 0 Å². The van der Waals surface area contributed by atoms with Crippen LogP contribution < -0.4 is 0 Å². The van der Waals surface area contributed by atoms with Crippen LogP contribution in [-0.4, -0.2) is 6.61 Å². The van der Waals surface area contributed by atoms with Gasteiger partial charge in [0.1, 0.15) is 12.4 Å². The molecule has 0 atom stereocenters. The Hall–Kier alpha value is -1.18. The highest BCUT2D eigenvalue weighted by Gasteiger charge is 2.21. The summed E-state index contributed by atoms with van der Waals surface area (Å²) >= 11 is 0. The van der Waals surface area contributed by atoms with E-state index >= 15 is 0 Å². The van der Waals surface area contributed by atoms with Crippen LogP contribution >= 0.6 is 0 Å². The minimum Gasteiger partial charge on any atom is -0.485 e. The van der Waals surface area contributed by atoms with Crippen molar-refractivity contribution in [1.82, 2.24) is 0 Å². The van der Waals surface area contributed by atoms with Gasteiger partial charge in [-0.05, 0) is 25.5 Å². The number of hydrogen-bond donors (Lipinski definition) is 0. The fourth-order valence-corrected chi connectivity index (χ4v) is 1.30. The average molecular weight is 150 g/mol. The molecule has 2 aliphatic heterocycles. The van der Waals surface area contributed by atoms with Crippen molar-refractivity contribution in [2.75, 3.05) is 6.61 Å². The Morgan fingerprint density at radius 3 is 2.91 bits per heavy atom. The Morgan fingerprint density at radius 1 is 1.36 bits per heavy atom. The predicted octanol–water partition coefficient (Wildman–Crippen LogP) is 2.11. The first kappa shape index (κ1) is 6.53. The molecule has 0 saturated heterocycles. The van der Waals surface area contributed by atoms with Gasteiger partial charge in [0.15, 0.2) is 5.76 Å². The molecule has 0 bridgehead atoms. The SMILES string of the molecule is CC1=C2C=COC(C)=C2OC1. The minimum atomic E-state index is 0.704. The second-order valence-electron chi connectivity index (χ2n) is 2.79. The highest BCUT2D eigenvalue weighted by atomic mass is 16.5. The zero-order valence-electron chi connectivity index (χ0n) is 6.68. The summed E-state index contributed by atoms with van der Waals surface area (Å²) in [4.78, 5) is 0. The van der Waals surface area contributed by atoms with Crippen molar-refractivity contribution in [3.8, 4) is 0 Å². The Morgan fingerprint density at radius 2 is 2.18 bits per heavy atom. The van der Waals surface area contributed by atoms with Crippen molar-refractivity contribution < 1.29 is 9.47 Å². The third-order valence-corrected chi connectivity index (χ3v) is 1.94. The molecule has 0 spiro atoms. The smallest absolute Gasteiger partial charge is 0.165 e. The lowest BCUT2D eigenvalue weighted by Gasteiger charge is -2.10. The summed E-state index contributed by atoms with van der Waals surface area (Å²) in [5.74, 6) is 1.77. The quantitative estimate of drug-likeness (QED) is 0.526. The van der Waals surface area contributed by atoms with Gasteiger partial charge in [0, 0.05) is 5.57 Å². The standard InChI is InChI=1S/C9H10O2/c1-6-5-11-9-7(2)10-4-3-8(6)9/h3-4H,5H2,1-2H3. The summed E-state index contributed by atoms with van der Waals surface area (Å²) in [6.45, 7) is 4.69. The molecule has 2 heteroatoms. The van der Waals surface area contributed by atoms with Crippen LogP contribution in [0.15, 0.2) is 35.0 Å². The summed E-state index contributed by atoms with van der Waals surface area (Å²) in [5.41, 5.74) is 2.47. The summed E-state index contributed by atoms with van der Waals surface area (Å²) in [7, 11) is 0. The molecule has 0 aliphatic carbocycles. The lowest BCUT2D eigenvalue weighted by Crippen LogP contribution is -1.96. The Bertz CT molecular complexity index is 282. The van der Waals surface area contributed by atoms with E-state index in [1.54, 1.807) is 6.26 Å². The van der Waals surface area contributed by atoms with Gasteiger partial charge in [-0.1, -0.05) is 0 Å². The van der Waals surface area contributed by atoms with E-state index in [4.69, 9.17) is 9.47 Å². The second kappa shape index (κ2) is 2.16. The first-order valence-electron chi connectivity index (χ1n) is 3.66. The van der Waals surface area contributed by atoms with Gasteiger partial charge < -0.3 is 9.47 Å². The number of allylic oxidation sites excluding steroid dienone is 2. The molecule has 2 rings (SSSR count). The molecule has 0 aromatic rings. The van der Waals surface area contributed by atoms with Crippen molar-refractivity contribution in [2.45, 2.75) is 13.8 Å². The normalized spacial score (nSPS) is 21.6. The van der Waals surface area contributed by atoms with Crippen LogP contribution in [0.25, 0.3) is 0 Å². The lowest BCUT2D eigenvalue weighted by atomic mass is 10.1. The molecule has 58 valence electrons. The van der Waals surface area contributed by atoms with Crippen molar-refractivity contribution in [3.63, 3.8) is 0 Å². The second-order valence-corrected chi connectivity index (χ2v) is 2.79. The average Bonchev–Trinajstić information content (AvgIpc) is 2.35. The molecule has 0 amide bonds. The molecule has 2 nitrogen and oxygen atoms in total. The minimum absolute atomic E-state index is 0.704. The first-order chi connectivity index (χ1) is 5.29. The topological polar surface area (TPSA) is 18.5 Å². The van der Waals surface area contributed by atoms with Gasteiger partial charge in [0.2, 0.25) is 0 Å². The molecule has 0 fully saturated rings. The Labute approximate surface area is 65.8 Å². The van der Waals surface area contributed by atoms with Crippen molar-refractivity contribution >= 4 is 0 Å². The van der Waals surface area contributed by atoms with E-state index in [-0.39, 0.29) is 0 Å². The van der Waals surface area contributed by atoms with Gasteiger partial charge in [0.25, 0.3) is 0 Å². The predicted molar refractivity (Wildman–Crippen MR) is 41.6 cm³/mol. The maximum atomic E-state index is 5.41. The number of hydrogen-bond acceptors (Lipinski definition) is 2. The molecular weight excluding hydrogens is 140 g/mol. The van der Waals surface area contributed by atoms with E-state index in [1.165, 1.54) is 11.1 Å². The van der Waals surface area contributed by atoms with Gasteiger partial charge in [-0.2, -0.15) is 0 Å². The van der Waals surface area contributed by atoms with Crippen LogP contribution in [0, 0.1) is 0 Å². The molecule has 0 aromatic heterocycles. The molecule has 0 unspecified atom stereocenters. The number of rotatable bonds is 0. The molecule has 11 heavy (non-hydrogen) atoms. The molecule has 0 saturated carbocycles. The number of fused-ring (bicyclic) bond motifs is 1. The molecule has 0 aromatic carbocycles. The van der Waals surface area contributed by atoms with E-state index in [0.717, 1.165) is 11.5 Å². The lowest BCUT2D eigenvalue weighted by molar-refractivity contribution is 0.230. The third-order valence-electron chi connectivity index (χ3n) is 1.94. The first-order valence-corrected chi connectivity index (χ1v) is 3.66. The van der Waals surface area contributed by atoms with Crippen molar-refractivity contribution in [3.05, 3.63) is 35.0 Å². The number of ether oxygens (including phenoxy) is 2. The fourth-order valence-electron chi connectivity index (χ4n) is 1.30. The van der Waals surface area contributed by atoms with E-state index in [1.807, 2.05) is 13.0 Å². The molecule has 2 heterocycles. The molecule has 0 N–H and O–H groups in total. The fraction of sp³-hybridized carbons (Fsp3) is 0.333. The van der Waals surface area contributed by atoms with Gasteiger partial charge in [-0.3, -0.25) is 0 Å². The van der Waals surface area contributed by atoms with E-state index < -0.39 is 0 Å². The maximum Gasteiger partial charge on any atom is 0.165 e. The molecule has 0 radical (unpaired) electrons. The largest absolute Gasteiger partial charge is 0.485 e.